The van der Waals surface area contributed by atoms with E-state index in [1.807, 2.05) is 6.92 Å². The van der Waals surface area contributed by atoms with Crippen LogP contribution in [0.2, 0.25) is 0 Å². The first-order chi connectivity index (χ1) is 8.08. The fourth-order valence-electron chi connectivity index (χ4n) is 1.55. The summed E-state index contributed by atoms with van der Waals surface area (Å²) in [4.78, 5) is 18.9. The van der Waals surface area contributed by atoms with E-state index in [2.05, 4.69) is 9.97 Å². The van der Waals surface area contributed by atoms with Crippen LogP contribution in [0.3, 0.4) is 0 Å². The van der Waals surface area contributed by atoms with Crippen LogP contribution in [0, 0.1) is 6.92 Å². The predicted octanol–water partition coefficient (Wildman–Crippen LogP) is 1.73. The molecule has 0 unspecified atom stereocenters. The number of carboxylic acids is 1. The van der Waals surface area contributed by atoms with Gasteiger partial charge >= 0.3 is 5.97 Å². The second-order valence-corrected chi connectivity index (χ2v) is 3.65. The maximum Gasteiger partial charge on any atom is 0.335 e. The van der Waals surface area contributed by atoms with E-state index in [4.69, 9.17) is 10.8 Å². The van der Waals surface area contributed by atoms with Gasteiger partial charge in [0, 0.05) is 11.8 Å². The van der Waals surface area contributed by atoms with Gasteiger partial charge in [-0.3, -0.25) is 0 Å². The third-order valence-electron chi connectivity index (χ3n) is 2.37. The first kappa shape index (κ1) is 11.1. The van der Waals surface area contributed by atoms with Crippen LogP contribution in [0.15, 0.2) is 30.5 Å². The largest absolute Gasteiger partial charge is 0.478 e. The molecule has 1 heterocycles. The Labute approximate surface area is 98.0 Å². The minimum absolute atomic E-state index is 0.173. The van der Waals surface area contributed by atoms with Gasteiger partial charge in [0.1, 0.15) is 0 Å². The van der Waals surface area contributed by atoms with Crippen molar-refractivity contribution in [3.05, 3.63) is 41.6 Å². The molecule has 0 aliphatic heterocycles. The molecule has 0 saturated heterocycles. The molecule has 0 fully saturated rings. The zero-order valence-electron chi connectivity index (χ0n) is 9.21. The number of aromatic nitrogens is 2. The third kappa shape index (κ3) is 2.23. The molecule has 5 heteroatoms. The van der Waals surface area contributed by atoms with E-state index < -0.39 is 5.97 Å². The quantitative estimate of drug-likeness (QED) is 0.818. The molecule has 0 amide bonds. The van der Waals surface area contributed by atoms with Gasteiger partial charge < -0.3 is 10.8 Å². The summed E-state index contributed by atoms with van der Waals surface area (Å²) in [6, 6.07) is 6.57. The normalized spacial score (nSPS) is 10.2. The molecule has 0 aliphatic carbocycles. The van der Waals surface area contributed by atoms with Crippen LogP contribution in [-0.4, -0.2) is 21.0 Å². The second kappa shape index (κ2) is 4.21. The zero-order valence-corrected chi connectivity index (χ0v) is 9.21. The summed E-state index contributed by atoms with van der Waals surface area (Å²) in [5.41, 5.74) is 7.97. The summed E-state index contributed by atoms with van der Waals surface area (Å²) in [5.74, 6) is -0.794. The first-order valence-electron chi connectivity index (χ1n) is 5.01. The summed E-state index contributed by atoms with van der Waals surface area (Å²) in [7, 11) is 0. The molecule has 2 aromatic rings. The number of nitrogens with two attached hydrogens (primary N) is 1. The number of rotatable bonds is 2. The van der Waals surface area contributed by atoms with Crippen molar-refractivity contribution in [2.75, 3.05) is 5.73 Å². The van der Waals surface area contributed by atoms with Crippen molar-refractivity contribution in [2.45, 2.75) is 6.92 Å². The van der Waals surface area contributed by atoms with Gasteiger partial charge in [-0.1, -0.05) is 12.1 Å². The van der Waals surface area contributed by atoms with E-state index >= 15 is 0 Å². The highest BCUT2D eigenvalue weighted by atomic mass is 16.4. The monoisotopic (exact) mass is 229 g/mol. The van der Waals surface area contributed by atoms with Crippen molar-refractivity contribution in [2.24, 2.45) is 0 Å². The number of anilines is 1. The van der Waals surface area contributed by atoms with Gasteiger partial charge in [-0.25, -0.2) is 14.8 Å². The molecule has 1 aromatic heterocycles. The van der Waals surface area contributed by atoms with Crippen LogP contribution >= 0.6 is 0 Å². The molecule has 0 radical (unpaired) electrons. The predicted molar refractivity (Wildman–Crippen MR) is 63.6 cm³/mol. The van der Waals surface area contributed by atoms with E-state index in [0.29, 0.717) is 5.69 Å². The minimum atomic E-state index is -0.966. The lowest BCUT2D eigenvalue weighted by Gasteiger charge is -2.06. The van der Waals surface area contributed by atoms with Crippen molar-refractivity contribution in [1.29, 1.82) is 0 Å². The average Bonchev–Trinajstić information content (AvgIpc) is 2.32. The number of nitrogen functional groups attached to an aromatic ring is 1. The van der Waals surface area contributed by atoms with E-state index in [1.54, 1.807) is 24.4 Å². The molecule has 0 spiro atoms. The van der Waals surface area contributed by atoms with Crippen molar-refractivity contribution in [3.63, 3.8) is 0 Å². The lowest BCUT2D eigenvalue weighted by molar-refractivity contribution is 0.0697. The maximum atomic E-state index is 10.9. The highest BCUT2D eigenvalue weighted by molar-refractivity contribution is 5.89. The van der Waals surface area contributed by atoms with Crippen LogP contribution < -0.4 is 5.73 Å². The highest BCUT2D eigenvalue weighted by Gasteiger charge is 2.08. The van der Waals surface area contributed by atoms with Gasteiger partial charge in [-0.05, 0) is 24.6 Å². The Balaban J connectivity index is 2.56. The number of carbonyl (C=O) groups is 1. The first-order valence-corrected chi connectivity index (χ1v) is 5.01. The lowest BCUT2D eigenvalue weighted by Crippen LogP contribution is -2.00. The molecule has 17 heavy (non-hydrogen) atoms. The Hall–Kier alpha value is -2.43. The highest BCUT2D eigenvalue weighted by Crippen LogP contribution is 2.22. The van der Waals surface area contributed by atoms with Gasteiger partial charge in [-0.2, -0.15) is 0 Å². The molecular formula is C12H11N3O2. The number of aromatic carboxylic acids is 1. The SMILES string of the molecule is Cc1cnc(N)nc1-c1cccc(C(=O)O)c1. The van der Waals surface area contributed by atoms with Gasteiger partial charge in [-0.15, -0.1) is 0 Å². The summed E-state index contributed by atoms with van der Waals surface area (Å²) in [5, 5.41) is 8.92. The molecule has 0 atom stereocenters. The van der Waals surface area contributed by atoms with Crippen LogP contribution in [0.1, 0.15) is 15.9 Å². The Bertz CT molecular complexity index is 582. The molecule has 0 saturated carbocycles. The summed E-state index contributed by atoms with van der Waals surface area (Å²) in [6.45, 7) is 1.85. The van der Waals surface area contributed by atoms with Crippen LogP contribution in [-0.2, 0) is 0 Å². The molecule has 0 aliphatic rings. The van der Waals surface area contributed by atoms with Gasteiger partial charge in [0.2, 0.25) is 5.95 Å². The number of aryl methyl sites for hydroxylation is 1. The molecule has 3 N–H and O–H groups in total. The minimum Gasteiger partial charge on any atom is -0.478 e. The van der Waals surface area contributed by atoms with Gasteiger partial charge in [0.15, 0.2) is 0 Å². The van der Waals surface area contributed by atoms with Gasteiger partial charge in [0.05, 0.1) is 11.3 Å². The van der Waals surface area contributed by atoms with E-state index in [9.17, 15) is 4.79 Å². The average molecular weight is 229 g/mol. The van der Waals surface area contributed by atoms with Crippen molar-refractivity contribution < 1.29 is 9.90 Å². The molecule has 1 aromatic carbocycles. The second-order valence-electron chi connectivity index (χ2n) is 3.65. The standard InChI is InChI=1S/C12H11N3O2/c1-7-6-14-12(13)15-10(7)8-3-2-4-9(5-8)11(16)17/h2-6H,1H3,(H,16,17)(H2,13,14,15). The molecule has 5 nitrogen and oxygen atoms in total. The number of nitrogens with zero attached hydrogens (tertiary/aromatic N) is 2. The van der Waals surface area contributed by atoms with Crippen LogP contribution in [0.25, 0.3) is 11.3 Å². The Kier molecular flexibility index (Phi) is 2.74. The van der Waals surface area contributed by atoms with Crippen molar-refractivity contribution >= 4 is 11.9 Å². The fourth-order valence-corrected chi connectivity index (χ4v) is 1.55. The number of benzene rings is 1. The van der Waals surface area contributed by atoms with Crippen molar-refractivity contribution in [3.8, 4) is 11.3 Å². The van der Waals surface area contributed by atoms with Crippen molar-refractivity contribution in [1.82, 2.24) is 9.97 Å². The summed E-state index contributed by atoms with van der Waals surface area (Å²) in [6.07, 6.45) is 1.62. The van der Waals surface area contributed by atoms with E-state index in [1.165, 1.54) is 6.07 Å². The van der Waals surface area contributed by atoms with E-state index in [-0.39, 0.29) is 11.5 Å². The third-order valence-corrected chi connectivity index (χ3v) is 2.37. The lowest BCUT2D eigenvalue weighted by atomic mass is 10.1. The molecule has 2 rings (SSSR count). The molecule has 86 valence electrons. The van der Waals surface area contributed by atoms with Gasteiger partial charge in [0.25, 0.3) is 0 Å². The molecule has 0 bridgehead atoms. The Morgan fingerprint density at radius 2 is 2.18 bits per heavy atom. The summed E-state index contributed by atoms with van der Waals surface area (Å²) < 4.78 is 0. The number of hydrogen-bond donors (Lipinski definition) is 2. The Morgan fingerprint density at radius 3 is 2.88 bits per heavy atom. The topological polar surface area (TPSA) is 89.1 Å². The summed E-state index contributed by atoms with van der Waals surface area (Å²) >= 11 is 0. The Morgan fingerprint density at radius 1 is 1.41 bits per heavy atom. The van der Waals surface area contributed by atoms with E-state index in [0.717, 1.165) is 11.1 Å². The maximum absolute atomic E-state index is 10.9. The fraction of sp³-hybridized carbons (Fsp3) is 0.0833. The smallest absolute Gasteiger partial charge is 0.335 e. The van der Waals surface area contributed by atoms with Crippen LogP contribution in [0.4, 0.5) is 5.95 Å². The molecular weight excluding hydrogens is 218 g/mol. The number of hydrogen-bond acceptors (Lipinski definition) is 4. The number of carboxylic acid groups (broad SMARTS) is 1. The zero-order chi connectivity index (χ0) is 12.4. The van der Waals surface area contributed by atoms with Crippen LogP contribution in [0.5, 0.6) is 0 Å².